The van der Waals surface area contributed by atoms with Gasteiger partial charge in [0.15, 0.2) is 11.5 Å². The molecule has 0 saturated carbocycles. The lowest BCUT2D eigenvalue weighted by molar-refractivity contribution is -0.120. The van der Waals surface area contributed by atoms with Crippen LogP contribution < -0.4 is 25.8 Å². The Labute approximate surface area is 162 Å². The number of imide groups is 1. The van der Waals surface area contributed by atoms with Crippen LogP contribution in [0.2, 0.25) is 0 Å². The molecule has 0 spiro atoms. The zero-order valence-corrected chi connectivity index (χ0v) is 15.3. The Morgan fingerprint density at radius 1 is 1.07 bits per heavy atom. The van der Waals surface area contributed by atoms with E-state index in [1.807, 2.05) is 35.2 Å². The molecule has 8 heteroatoms. The molecule has 0 aromatic heterocycles. The van der Waals surface area contributed by atoms with E-state index in [-0.39, 0.29) is 31.2 Å². The second-order valence-corrected chi connectivity index (χ2v) is 6.95. The van der Waals surface area contributed by atoms with E-state index in [9.17, 15) is 9.59 Å². The molecule has 146 valence electrons. The van der Waals surface area contributed by atoms with E-state index in [2.05, 4.69) is 10.6 Å². The number of urea groups is 1. The van der Waals surface area contributed by atoms with Crippen LogP contribution in [0.1, 0.15) is 11.5 Å². The quantitative estimate of drug-likeness (QED) is 0.740. The van der Waals surface area contributed by atoms with Crippen molar-refractivity contribution in [2.45, 2.75) is 12.0 Å². The number of carbonyl (C=O) groups excluding carboxylic acids is 2. The molecule has 1 saturated heterocycles. The van der Waals surface area contributed by atoms with Gasteiger partial charge in [-0.1, -0.05) is 30.3 Å². The molecule has 0 aliphatic carbocycles. The molecule has 0 radical (unpaired) electrons. The predicted molar refractivity (Wildman–Crippen MR) is 103 cm³/mol. The van der Waals surface area contributed by atoms with E-state index >= 15 is 0 Å². The van der Waals surface area contributed by atoms with Gasteiger partial charge >= 0.3 is 6.03 Å². The summed E-state index contributed by atoms with van der Waals surface area (Å²) >= 11 is 0. The molecule has 2 aliphatic heterocycles. The van der Waals surface area contributed by atoms with Gasteiger partial charge in [-0.15, -0.1) is 0 Å². The Morgan fingerprint density at radius 3 is 2.68 bits per heavy atom. The highest BCUT2D eigenvalue weighted by Gasteiger charge is 2.32. The maximum absolute atomic E-state index is 12.2. The van der Waals surface area contributed by atoms with Crippen LogP contribution in [-0.4, -0.2) is 49.3 Å². The normalized spacial score (nSPS) is 20.8. The first-order valence-corrected chi connectivity index (χ1v) is 9.12. The van der Waals surface area contributed by atoms with Crippen molar-refractivity contribution in [3.63, 3.8) is 0 Å². The monoisotopic (exact) mass is 382 g/mol. The topological polar surface area (TPSA) is 106 Å². The van der Waals surface area contributed by atoms with Crippen LogP contribution in [0.15, 0.2) is 48.5 Å². The van der Waals surface area contributed by atoms with E-state index in [1.54, 1.807) is 18.2 Å². The van der Waals surface area contributed by atoms with Gasteiger partial charge in [-0.2, -0.15) is 0 Å². The first-order valence-electron chi connectivity index (χ1n) is 9.12. The van der Waals surface area contributed by atoms with Crippen LogP contribution in [0.4, 0.5) is 10.5 Å². The van der Waals surface area contributed by atoms with Crippen molar-refractivity contribution < 1.29 is 19.1 Å². The highest BCUT2D eigenvalue weighted by Crippen LogP contribution is 2.34. The molecule has 28 heavy (non-hydrogen) atoms. The third-order valence-electron chi connectivity index (χ3n) is 4.92. The summed E-state index contributed by atoms with van der Waals surface area (Å²) in [7, 11) is 0. The number of rotatable bonds is 4. The maximum atomic E-state index is 12.2. The minimum absolute atomic E-state index is 0.0438. The lowest BCUT2D eigenvalue weighted by atomic mass is 9.95. The Balaban J connectivity index is 1.28. The summed E-state index contributed by atoms with van der Waals surface area (Å²) in [5.41, 5.74) is 7.93. The molecular formula is C20H22N4O4. The van der Waals surface area contributed by atoms with Gasteiger partial charge in [0.05, 0.1) is 6.54 Å². The van der Waals surface area contributed by atoms with E-state index < -0.39 is 6.03 Å². The van der Waals surface area contributed by atoms with E-state index in [4.69, 9.17) is 15.2 Å². The van der Waals surface area contributed by atoms with Crippen molar-refractivity contribution in [1.29, 1.82) is 0 Å². The average Bonchev–Trinajstić information content (AvgIpc) is 3.28. The van der Waals surface area contributed by atoms with Crippen molar-refractivity contribution >= 4 is 17.6 Å². The number of nitrogens with one attached hydrogen (secondary N) is 2. The number of carbonyl (C=O) groups is 2. The minimum atomic E-state index is -0.591. The van der Waals surface area contributed by atoms with Crippen LogP contribution in [0.3, 0.4) is 0 Å². The van der Waals surface area contributed by atoms with Crippen molar-refractivity contribution in [2.24, 2.45) is 5.73 Å². The third kappa shape index (κ3) is 4.08. The number of fused-ring (bicyclic) bond motifs is 1. The summed E-state index contributed by atoms with van der Waals surface area (Å²) in [6.45, 7) is 1.57. The number of nitrogens with two attached hydrogens (primary N) is 1. The third-order valence-corrected chi connectivity index (χ3v) is 4.92. The highest BCUT2D eigenvalue weighted by molar-refractivity contribution is 6.01. The van der Waals surface area contributed by atoms with Crippen LogP contribution in [0.5, 0.6) is 11.5 Å². The fraction of sp³-hybridized carbons (Fsp3) is 0.300. The van der Waals surface area contributed by atoms with Gasteiger partial charge in [-0.05, 0) is 17.7 Å². The number of hydrogen-bond acceptors (Lipinski definition) is 6. The van der Waals surface area contributed by atoms with E-state index in [1.165, 1.54) is 5.56 Å². The second-order valence-electron chi connectivity index (χ2n) is 6.95. The zero-order chi connectivity index (χ0) is 19.5. The molecule has 2 aliphatic rings. The summed E-state index contributed by atoms with van der Waals surface area (Å²) in [5, 5.41) is 4.97. The molecule has 3 amide bonds. The van der Waals surface area contributed by atoms with Crippen LogP contribution in [0, 0.1) is 0 Å². The highest BCUT2D eigenvalue weighted by atomic mass is 16.7. The first kappa shape index (κ1) is 18.3. The summed E-state index contributed by atoms with van der Waals surface area (Å²) < 4.78 is 10.5. The molecule has 4 rings (SSSR count). The predicted octanol–water partition coefficient (Wildman–Crippen LogP) is 1.49. The average molecular weight is 382 g/mol. The Bertz CT molecular complexity index is 874. The summed E-state index contributed by atoms with van der Waals surface area (Å²) in [5.74, 6) is 0.984. The van der Waals surface area contributed by atoms with Crippen LogP contribution >= 0.6 is 0 Å². The standard InChI is InChI=1S/C20H22N4O4/c21-16-10-24(9-15(16)13-4-2-1-3-5-13)11-19(25)23-20(26)22-14-6-7-17-18(8-14)28-12-27-17/h1-8,15-16H,9-12,21H2,(H2,22,23,25,26)/t15-,16+/m0/s1. The SMILES string of the molecule is N[C@@H]1CN(CC(=O)NC(=O)Nc2ccc3c(c2)OCO3)C[C@H]1c1ccccc1. The zero-order valence-electron chi connectivity index (χ0n) is 15.3. The molecular weight excluding hydrogens is 360 g/mol. The number of ether oxygens (including phenoxy) is 2. The number of benzene rings is 2. The largest absolute Gasteiger partial charge is 0.454 e. The Kier molecular flexibility index (Phi) is 5.14. The van der Waals surface area contributed by atoms with Gasteiger partial charge in [-0.3, -0.25) is 15.0 Å². The number of likely N-dealkylation sites (tertiary alicyclic amines) is 1. The molecule has 2 aromatic carbocycles. The molecule has 8 nitrogen and oxygen atoms in total. The summed E-state index contributed by atoms with van der Waals surface area (Å²) in [4.78, 5) is 26.3. The molecule has 4 N–H and O–H groups in total. The van der Waals surface area contributed by atoms with Gasteiger partial charge in [0.2, 0.25) is 12.7 Å². The number of anilines is 1. The Hall–Kier alpha value is -3.10. The van der Waals surface area contributed by atoms with Crippen molar-refractivity contribution in [3.8, 4) is 11.5 Å². The van der Waals surface area contributed by atoms with Gasteiger partial charge in [0, 0.05) is 36.8 Å². The van der Waals surface area contributed by atoms with E-state index in [0.29, 0.717) is 30.3 Å². The molecule has 0 bridgehead atoms. The van der Waals surface area contributed by atoms with Gasteiger partial charge in [-0.25, -0.2) is 4.79 Å². The molecule has 2 atom stereocenters. The van der Waals surface area contributed by atoms with E-state index in [0.717, 1.165) is 0 Å². The number of amides is 3. The van der Waals surface area contributed by atoms with Gasteiger partial charge in [0.1, 0.15) is 0 Å². The Morgan fingerprint density at radius 2 is 1.86 bits per heavy atom. The summed E-state index contributed by atoms with van der Waals surface area (Å²) in [6.07, 6.45) is 0. The van der Waals surface area contributed by atoms with Crippen molar-refractivity contribution in [1.82, 2.24) is 10.2 Å². The molecule has 1 fully saturated rings. The molecule has 0 unspecified atom stereocenters. The fourth-order valence-corrected chi connectivity index (χ4v) is 3.60. The second kappa shape index (κ2) is 7.87. The lowest BCUT2D eigenvalue weighted by Gasteiger charge is -2.15. The van der Waals surface area contributed by atoms with Crippen molar-refractivity contribution in [2.75, 3.05) is 31.7 Å². The van der Waals surface area contributed by atoms with Crippen molar-refractivity contribution in [3.05, 3.63) is 54.1 Å². The van der Waals surface area contributed by atoms with Crippen LogP contribution in [0.25, 0.3) is 0 Å². The van der Waals surface area contributed by atoms with Gasteiger partial charge in [0.25, 0.3) is 0 Å². The first-order chi connectivity index (χ1) is 13.6. The fourth-order valence-electron chi connectivity index (χ4n) is 3.60. The minimum Gasteiger partial charge on any atom is -0.454 e. The number of hydrogen-bond donors (Lipinski definition) is 3. The number of nitrogens with zero attached hydrogens (tertiary/aromatic N) is 1. The lowest BCUT2D eigenvalue weighted by Crippen LogP contribution is -2.41. The molecule has 2 heterocycles. The van der Waals surface area contributed by atoms with Crippen LogP contribution in [-0.2, 0) is 4.79 Å². The maximum Gasteiger partial charge on any atom is 0.325 e. The molecule has 2 aromatic rings. The van der Waals surface area contributed by atoms with Gasteiger partial charge < -0.3 is 20.5 Å². The smallest absolute Gasteiger partial charge is 0.325 e. The summed E-state index contributed by atoms with van der Waals surface area (Å²) in [6, 6.07) is 14.4.